The summed E-state index contributed by atoms with van der Waals surface area (Å²) < 4.78 is 42.3. The fourth-order valence-electron chi connectivity index (χ4n) is 9.68. The number of imidazole rings is 1. The van der Waals surface area contributed by atoms with E-state index in [9.17, 15) is 27.9 Å². The van der Waals surface area contributed by atoms with Crippen molar-refractivity contribution in [1.29, 1.82) is 0 Å². The minimum Gasteiger partial charge on any atom is -0.396 e. The van der Waals surface area contributed by atoms with Gasteiger partial charge < -0.3 is 24.4 Å². The molecule has 0 radical (unpaired) electrons. The van der Waals surface area contributed by atoms with Crippen molar-refractivity contribution in [2.75, 3.05) is 75.7 Å². The second kappa shape index (κ2) is 17.8. The van der Waals surface area contributed by atoms with Crippen LogP contribution in [0.15, 0.2) is 72.8 Å². The van der Waals surface area contributed by atoms with Crippen LogP contribution >= 0.6 is 0 Å². The van der Waals surface area contributed by atoms with Crippen molar-refractivity contribution in [2.45, 2.75) is 70.1 Å². The smallest absolute Gasteiger partial charge is 0.396 e. The molecule has 1 aliphatic carbocycles. The quantitative estimate of drug-likeness (QED) is 0.174. The monoisotopic (exact) mass is 799 g/mol. The van der Waals surface area contributed by atoms with Crippen molar-refractivity contribution in [3.05, 3.63) is 89.5 Å². The van der Waals surface area contributed by atoms with Crippen LogP contribution in [0.3, 0.4) is 0 Å². The Kier molecular flexibility index (Phi) is 12.4. The molecule has 4 aromatic rings. The summed E-state index contributed by atoms with van der Waals surface area (Å²) in [6.45, 7) is 9.15. The SMILES string of the molecule is O=C(Nc1nc2cc(CN3CCN(C(=O)C4CCN(CC5CCN(c6ccccc6)CC5)CC4)CC3)ccc2n1[C@H]1CC[C@@H](CO)CC1)c1cccc(C(F)(F)F)c1. The van der Waals surface area contributed by atoms with Gasteiger partial charge in [0.25, 0.3) is 5.91 Å². The molecule has 58 heavy (non-hydrogen) atoms. The molecule has 4 heterocycles. The third-order valence-corrected chi connectivity index (χ3v) is 13.2. The van der Waals surface area contributed by atoms with E-state index in [0.29, 0.717) is 37.0 Å². The Morgan fingerprint density at radius 1 is 0.741 bits per heavy atom. The molecule has 310 valence electrons. The van der Waals surface area contributed by atoms with Gasteiger partial charge in [-0.1, -0.05) is 30.3 Å². The Balaban J connectivity index is 0.847. The first kappa shape index (κ1) is 40.3. The lowest BCUT2D eigenvalue weighted by Crippen LogP contribution is -2.51. The van der Waals surface area contributed by atoms with Crippen LogP contribution in [0.5, 0.6) is 0 Å². The molecule has 3 aromatic carbocycles. The van der Waals surface area contributed by atoms with Crippen molar-refractivity contribution in [1.82, 2.24) is 24.3 Å². The van der Waals surface area contributed by atoms with Crippen molar-refractivity contribution in [3.63, 3.8) is 0 Å². The summed E-state index contributed by atoms with van der Waals surface area (Å²) in [5.41, 5.74) is 2.97. The standard InChI is InChI=1S/C45H56F3N7O3/c46-45(47,48)37-6-4-5-36(28-37)42(57)50-44-49-40-27-34(11-14-41(40)55(44)39-12-9-33(31-56)10-13-39)30-52-23-25-54(26-24-52)43(58)35-17-19-51(20-18-35)29-32-15-21-53(22-16-32)38-7-2-1-3-8-38/h1-8,11,14,27-28,32-33,35,39,56H,9-10,12-13,15-26,29-31H2,(H,49,50,57)/t33-,39+. The van der Waals surface area contributed by atoms with E-state index in [4.69, 9.17) is 4.98 Å². The summed E-state index contributed by atoms with van der Waals surface area (Å²) in [5, 5.41) is 12.6. The zero-order chi connectivity index (χ0) is 40.2. The Hall–Kier alpha value is -4.46. The van der Waals surface area contributed by atoms with E-state index in [-0.39, 0.29) is 30.0 Å². The molecule has 2 amide bonds. The predicted molar refractivity (Wildman–Crippen MR) is 220 cm³/mol. The average molecular weight is 800 g/mol. The molecule has 8 rings (SSSR count). The molecule has 10 nitrogen and oxygen atoms in total. The Bertz CT molecular complexity index is 2010. The van der Waals surface area contributed by atoms with Crippen molar-refractivity contribution in [3.8, 4) is 0 Å². The van der Waals surface area contributed by atoms with E-state index in [1.54, 1.807) is 0 Å². The molecular formula is C45H56F3N7O3. The van der Waals surface area contributed by atoms with Crippen LogP contribution in [0.25, 0.3) is 11.0 Å². The number of aromatic nitrogens is 2. The first-order valence-electron chi connectivity index (χ1n) is 21.2. The number of hydrogen-bond acceptors (Lipinski definition) is 7. The minimum atomic E-state index is -4.56. The van der Waals surface area contributed by atoms with Gasteiger partial charge in [-0.05, 0) is 124 Å². The third-order valence-electron chi connectivity index (χ3n) is 13.2. The number of piperazine rings is 1. The largest absolute Gasteiger partial charge is 0.416 e. The van der Waals surface area contributed by atoms with Gasteiger partial charge in [0.15, 0.2) is 0 Å². The molecular weight excluding hydrogens is 744 g/mol. The summed E-state index contributed by atoms with van der Waals surface area (Å²) in [5.74, 6) is 1.01. The van der Waals surface area contributed by atoms with E-state index in [1.807, 2.05) is 16.7 Å². The maximum atomic E-state index is 13.6. The van der Waals surface area contributed by atoms with E-state index in [1.165, 1.54) is 30.7 Å². The number of amides is 2. The van der Waals surface area contributed by atoms with Crippen LogP contribution in [0, 0.1) is 17.8 Å². The number of piperidine rings is 2. The van der Waals surface area contributed by atoms with E-state index >= 15 is 0 Å². The van der Waals surface area contributed by atoms with E-state index < -0.39 is 17.6 Å². The Labute approximate surface area is 339 Å². The highest BCUT2D eigenvalue weighted by molar-refractivity contribution is 6.04. The fraction of sp³-hybridized carbons (Fsp3) is 0.533. The van der Waals surface area contributed by atoms with Crippen LogP contribution < -0.4 is 10.2 Å². The summed E-state index contributed by atoms with van der Waals surface area (Å²) >= 11 is 0. The van der Waals surface area contributed by atoms with E-state index in [2.05, 4.69) is 61.3 Å². The zero-order valence-electron chi connectivity index (χ0n) is 33.3. The molecule has 2 N–H and O–H groups in total. The fourth-order valence-corrected chi connectivity index (χ4v) is 9.68. The first-order valence-corrected chi connectivity index (χ1v) is 21.2. The summed E-state index contributed by atoms with van der Waals surface area (Å²) in [6.07, 6.45) is 2.99. The van der Waals surface area contributed by atoms with Crippen molar-refractivity contribution >= 4 is 34.5 Å². The number of para-hydroxylation sites is 1. The van der Waals surface area contributed by atoms with Crippen LogP contribution in [0.2, 0.25) is 0 Å². The second-order valence-electron chi connectivity index (χ2n) is 17.0. The number of alkyl halides is 3. The van der Waals surface area contributed by atoms with Crippen LogP contribution in [0.4, 0.5) is 24.8 Å². The maximum Gasteiger partial charge on any atom is 0.416 e. The Morgan fingerprint density at radius 2 is 1.47 bits per heavy atom. The molecule has 4 aliphatic rings. The topological polar surface area (TPSA) is 97.2 Å². The van der Waals surface area contributed by atoms with E-state index in [0.717, 1.165) is 113 Å². The van der Waals surface area contributed by atoms with Crippen molar-refractivity contribution < 1.29 is 27.9 Å². The molecule has 4 fully saturated rings. The normalized spacial score (nSPS) is 22.1. The number of benzene rings is 3. The highest BCUT2D eigenvalue weighted by Gasteiger charge is 2.33. The lowest BCUT2D eigenvalue weighted by molar-refractivity contribution is -0.139. The number of fused-ring (bicyclic) bond motifs is 1. The van der Waals surface area contributed by atoms with Crippen LogP contribution in [-0.2, 0) is 17.5 Å². The number of halogens is 3. The molecule has 0 spiro atoms. The molecule has 3 saturated heterocycles. The maximum absolute atomic E-state index is 13.6. The second-order valence-corrected chi connectivity index (χ2v) is 17.0. The summed E-state index contributed by atoms with van der Waals surface area (Å²) in [4.78, 5) is 41.3. The number of carbonyl (C=O) groups excluding carboxylic acids is 2. The first-order chi connectivity index (χ1) is 28.1. The Morgan fingerprint density at radius 3 is 2.16 bits per heavy atom. The van der Waals surface area contributed by atoms with Gasteiger partial charge in [0.1, 0.15) is 0 Å². The lowest BCUT2D eigenvalue weighted by atomic mass is 9.86. The lowest BCUT2D eigenvalue weighted by Gasteiger charge is -2.40. The number of carbonyl (C=O) groups is 2. The third kappa shape index (κ3) is 9.37. The minimum absolute atomic E-state index is 0.0249. The number of likely N-dealkylation sites (tertiary alicyclic amines) is 1. The highest BCUT2D eigenvalue weighted by Crippen LogP contribution is 2.37. The number of nitrogens with zero attached hydrogens (tertiary/aromatic N) is 6. The van der Waals surface area contributed by atoms with Gasteiger partial charge in [-0.3, -0.25) is 19.8 Å². The van der Waals surface area contributed by atoms with Crippen LogP contribution in [-0.4, -0.2) is 107 Å². The van der Waals surface area contributed by atoms with Gasteiger partial charge >= 0.3 is 6.18 Å². The number of aliphatic hydroxyl groups is 1. The number of anilines is 2. The number of rotatable bonds is 10. The summed E-state index contributed by atoms with van der Waals surface area (Å²) in [6, 6.07) is 21.3. The van der Waals surface area contributed by atoms with Crippen molar-refractivity contribution in [2.24, 2.45) is 17.8 Å². The van der Waals surface area contributed by atoms with Gasteiger partial charge in [0.2, 0.25) is 11.9 Å². The van der Waals surface area contributed by atoms with Gasteiger partial charge in [0.05, 0.1) is 16.6 Å². The predicted octanol–water partition coefficient (Wildman–Crippen LogP) is 7.30. The van der Waals surface area contributed by atoms with Gasteiger partial charge in [-0.25, -0.2) is 4.98 Å². The molecule has 13 heteroatoms. The number of hydrogen-bond donors (Lipinski definition) is 2. The van der Waals surface area contributed by atoms with Gasteiger partial charge in [-0.2, -0.15) is 13.2 Å². The molecule has 1 aromatic heterocycles. The number of aliphatic hydroxyl groups excluding tert-OH is 1. The molecule has 1 saturated carbocycles. The van der Waals surface area contributed by atoms with Gasteiger partial charge in [0, 0.05) is 82.2 Å². The average Bonchev–Trinajstić information content (AvgIpc) is 3.61. The molecule has 0 atom stereocenters. The summed E-state index contributed by atoms with van der Waals surface area (Å²) in [7, 11) is 0. The number of nitrogens with one attached hydrogen (secondary N) is 1. The van der Waals surface area contributed by atoms with Crippen LogP contribution in [0.1, 0.15) is 78.9 Å². The highest BCUT2D eigenvalue weighted by atomic mass is 19.4. The van der Waals surface area contributed by atoms with Gasteiger partial charge in [-0.15, -0.1) is 0 Å². The molecule has 0 unspecified atom stereocenters. The zero-order valence-corrected chi connectivity index (χ0v) is 33.3. The molecule has 0 bridgehead atoms. The molecule has 3 aliphatic heterocycles.